The highest BCUT2D eigenvalue weighted by Crippen LogP contribution is 2.15. The van der Waals surface area contributed by atoms with Crippen molar-refractivity contribution in [3.05, 3.63) is 65.7 Å². The maximum atomic E-state index is 12.0. The second-order valence-electron chi connectivity index (χ2n) is 4.93. The molecule has 1 amide bonds. The molecule has 2 aromatic rings. The summed E-state index contributed by atoms with van der Waals surface area (Å²) < 4.78 is 28.6. The largest absolute Gasteiger partial charge is 0.423 e. The number of aryl methyl sites for hydroxylation is 1. The van der Waals surface area contributed by atoms with E-state index in [-0.39, 0.29) is 11.5 Å². The van der Waals surface area contributed by atoms with Crippen molar-refractivity contribution >= 4 is 16.2 Å². The van der Waals surface area contributed by atoms with Crippen molar-refractivity contribution in [2.75, 3.05) is 6.61 Å². The van der Waals surface area contributed by atoms with Crippen molar-refractivity contribution in [1.29, 1.82) is 0 Å². The predicted octanol–water partition coefficient (Wildman–Crippen LogP) is 2.14. The molecule has 0 aliphatic rings. The number of carbonyl (C=O) groups is 1. The fourth-order valence-electron chi connectivity index (χ4n) is 1.94. The molecule has 0 fully saturated rings. The third-order valence-corrected chi connectivity index (χ3v) is 4.39. The average molecular weight is 335 g/mol. The summed E-state index contributed by atoms with van der Waals surface area (Å²) in [5.41, 5.74) is 1.53. The Labute approximate surface area is 134 Å². The monoisotopic (exact) mass is 335 g/mol. The van der Waals surface area contributed by atoms with Gasteiger partial charge in [-0.05, 0) is 24.6 Å². The molecule has 7 heteroatoms. The van der Waals surface area contributed by atoms with Gasteiger partial charge >= 0.3 is 16.2 Å². The van der Waals surface area contributed by atoms with E-state index in [4.69, 9.17) is 0 Å². The lowest BCUT2D eigenvalue weighted by Crippen LogP contribution is -2.32. The van der Waals surface area contributed by atoms with E-state index in [1.807, 2.05) is 6.92 Å². The molecule has 0 heterocycles. The maximum Gasteiger partial charge on any atom is 0.423 e. The number of benzene rings is 2. The summed E-state index contributed by atoms with van der Waals surface area (Å²) in [6.45, 7) is 1.43. The first kappa shape index (κ1) is 17.0. The zero-order chi connectivity index (χ0) is 16.9. The van der Waals surface area contributed by atoms with Gasteiger partial charge in [0.1, 0.15) is 4.90 Å². The minimum absolute atomic E-state index is 0.112. The van der Waals surface area contributed by atoms with Crippen LogP contribution >= 0.6 is 0 Å². The third kappa shape index (κ3) is 4.54. The SMILES string of the molecule is Cc1ccc(S(=O)(=O)OC(=O)N[C@@H](CO)c2ccccc2)cc1. The summed E-state index contributed by atoms with van der Waals surface area (Å²) in [5, 5.41) is 11.7. The van der Waals surface area contributed by atoms with Gasteiger partial charge in [0.2, 0.25) is 0 Å². The molecule has 2 aromatic carbocycles. The molecule has 0 saturated heterocycles. The first-order valence-corrected chi connectivity index (χ1v) is 8.30. The van der Waals surface area contributed by atoms with Gasteiger partial charge in [0.05, 0.1) is 12.6 Å². The lowest BCUT2D eigenvalue weighted by molar-refractivity contribution is 0.185. The van der Waals surface area contributed by atoms with Crippen LogP contribution in [0.4, 0.5) is 4.79 Å². The first-order valence-electron chi connectivity index (χ1n) is 6.90. The minimum Gasteiger partial charge on any atom is -0.394 e. The lowest BCUT2D eigenvalue weighted by Gasteiger charge is -2.16. The summed E-state index contributed by atoms with van der Waals surface area (Å²) in [6, 6.07) is 13.9. The molecule has 0 bridgehead atoms. The minimum atomic E-state index is -4.21. The van der Waals surface area contributed by atoms with Gasteiger partial charge in [0.15, 0.2) is 0 Å². The fourth-order valence-corrected chi connectivity index (χ4v) is 2.75. The van der Waals surface area contributed by atoms with E-state index in [1.165, 1.54) is 12.1 Å². The average Bonchev–Trinajstić information content (AvgIpc) is 2.53. The highest BCUT2D eigenvalue weighted by atomic mass is 32.2. The van der Waals surface area contributed by atoms with Gasteiger partial charge in [-0.15, -0.1) is 0 Å². The molecular formula is C16H17NO5S. The fraction of sp³-hybridized carbons (Fsp3) is 0.188. The van der Waals surface area contributed by atoms with Crippen LogP contribution < -0.4 is 5.32 Å². The predicted molar refractivity (Wildman–Crippen MR) is 84.3 cm³/mol. The molecule has 122 valence electrons. The van der Waals surface area contributed by atoms with Crippen LogP contribution in [-0.4, -0.2) is 26.2 Å². The summed E-state index contributed by atoms with van der Waals surface area (Å²) in [4.78, 5) is 11.7. The van der Waals surface area contributed by atoms with Crippen LogP contribution in [0.2, 0.25) is 0 Å². The molecule has 0 aromatic heterocycles. The molecule has 6 nitrogen and oxygen atoms in total. The van der Waals surface area contributed by atoms with Crippen LogP contribution in [0.15, 0.2) is 59.5 Å². The zero-order valence-corrected chi connectivity index (χ0v) is 13.3. The summed E-state index contributed by atoms with van der Waals surface area (Å²) >= 11 is 0. The highest BCUT2D eigenvalue weighted by molar-refractivity contribution is 7.87. The van der Waals surface area contributed by atoms with E-state index in [2.05, 4.69) is 9.50 Å². The molecule has 0 unspecified atom stereocenters. The molecule has 0 aliphatic carbocycles. The molecule has 2 rings (SSSR count). The number of rotatable bonds is 5. The van der Waals surface area contributed by atoms with Crippen LogP contribution in [0, 0.1) is 6.92 Å². The number of hydrogen-bond donors (Lipinski definition) is 2. The molecule has 0 saturated carbocycles. The number of nitrogens with one attached hydrogen (secondary N) is 1. The van der Waals surface area contributed by atoms with Gasteiger partial charge in [-0.25, -0.2) is 4.79 Å². The van der Waals surface area contributed by atoms with Gasteiger partial charge in [0, 0.05) is 0 Å². The van der Waals surface area contributed by atoms with Crippen LogP contribution in [0.25, 0.3) is 0 Å². The van der Waals surface area contributed by atoms with E-state index in [0.29, 0.717) is 5.56 Å². The zero-order valence-electron chi connectivity index (χ0n) is 12.5. The lowest BCUT2D eigenvalue weighted by atomic mass is 10.1. The standard InChI is InChI=1S/C16H17NO5S/c1-12-7-9-14(10-8-12)23(20,21)22-16(19)17-15(11-18)13-5-3-2-4-6-13/h2-10,15,18H,11H2,1H3,(H,17,19)/t15-/m0/s1. The van der Waals surface area contributed by atoms with E-state index in [1.54, 1.807) is 42.5 Å². The Balaban J connectivity index is 2.07. The van der Waals surface area contributed by atoms with Crippen molar-refractivity contribution in [2.24, 2.45) is 0 Å². The van der Waals surface area contributed by atoms with Crippen molar-refractivity contribution in [2.45, 2.75) is 17.9 Å². The Morgan fingerprint density at radius 3 is 2.30 bits per heavy atom. The van der Waals surface area contributed by atoms with Gasteiger partial charge < -0.3 is 14.6 Å². The van der Waals surface area contributed by atoms with Gasteiger partial charge in [-0.3, -0.25) is 0 Å². The Kier molecular flexibility index (Phi) is 5.36. The van der Waals surface area contributed by atoms with Crippen LogP contribution in [0.5, 0.6) is 0 Å². The van der Waals surface area contributed by atoms with Crippen LogP contribution in [0.1, 0.15) is 17.2 Å². The number of aliphatic hydroxyl groups is 1. The van der Waals surface area contributed by atoms with Crippen molar-refractivity contribution in [3.63, 3.8) is 0 Å². The Morgan fingerprint density at radius 1 is 1.13 bits per heavy atom. The smallest absolute Gasteiger partial charge is 0.394 e. The second-order valence-corrected chi connectivity index (χ2v) is 6.47. The Hall–Kier alpha value is -2.38. The number of amides is 1. The maximum absolute atomic E-state index is 12.0. The summed E-state index contributed by atoms with van der Waals surface area (Å²) in [6.07, 6.45) is -1.14. The molecule has 23 heavy (non-hydrogen) atoms. The topological polar surface area (TPSA) is 92.7 Å². The number of aliphatic hydroxyl groups excluding tert-OH is 1. The van der Waals surface area contributed by atoms with E-state index >= 15 is 0 Å². The molecule has 0 radical (unpaired) electrons. The van der Waals surface area contributed by atoms with Crippen molar-refractivity contribution in [3.8, 4) is 0 Å². The molecular weight excluding hydrogens is 318 g/mol. The quantitative estimate of drug-likeness (QED) is 0.817. The van der Waals surface area contributed by atoms with Crippen LogP contribution in [0.3, 0.4) is 0 Å². The van der Waals surface area contributed by atoms with Crippen molar-refractivity contribution < 1.29 is 22.5 Å². The summed E-state index contributed by atoms with van der Waals surface area (Å²) in [5.74, 6) is 0. The molecule has 0 aliphatic heterocycles. The second kappa shape index (κ2) is 7.26. The van der Waals surface area contributed by atoms with Crippen molar-refractivity contribution in [1.82, 2.24) is 5.32 Å². The number of hydrogen-bond acceptors (Lipinski definition) is 5. The Bertz CT molecular complexity index is 757. The first-order chi connectivity index (χ1) is 10.9. The third-order valence-electron chi connectivity index (χ3n) is 3.17. The normalized spacial score (nSPS) is 12.4. The molecule has 1 atom stereocenters. The molecule has 0 spiro atoms. The Morgan fingerprint density at radius 2 is 1.74 bits per heavy atom. The number of carbonyl (C=O) groups excluding carboxylic acids is 1. The molecule has 2 N–H and O–H groups in total. The van der Waals surface area contributed by atoms with E-state index in [0.717, 1.165) is 5.56 Å². The van der Waals surface area contributed by atoms with Gasteiger partial charge in [0.25, 0.3) is 0 Å². The van der Waals surface area contributed by atoms with Gasteiger partial charge in [-0.2, -0.15) is 8.42 Å². The highest BCUT2D eigenvalue weighted by Gasteiger charge is 2.22. The van der Waals surface area contributed by atoms with Gasteiger partial charge in [-0.1, -0.05) is 48.0 Å². The van der Waals surface area contributed by atoms with Crippen LogP contribution in [-0.2, 0) is 14.3 Å². The summed E-state index contributed by atoms with van der Waals surface area (Å²) in [7, 11) is -4.21. The van der Waals surface area contributed by atoms with E-state index < -0.39 is 22.3 Å². The van der Waals surface area contributed by atoms with E-state index in [9.17, 15) is 18.3 Å².